The van der Waals surface area contributed by atoms with E-state index in [1.807, 2.05) is 19.1 Å². The number of anilines is 1. The van der Waals surface area contributed by atoms with Crippen LogP contribution in [-0.4, -0.2) is 23.5 Å². The molecule has 1 atom stereocenters. The van der Waals surface area contributed by atoms with Crippen molar-refractivity contribution in [2.24, 2.45) is 5.92 Å². The summed E-state index contributed by atoms with van der Waals surface area (Å²) in [6, 6.07) is 9.47. The van der Waals surface area contributed by atoms with Gasteiger partial charge in [-0.1, -0.05) is 40.9 Å². The van der Waals surface area contributed by atoms with Gasteiger partial charge >= 0.3 is 5.97 Å². The molecule has 0 saturated heterocycles. The Balaban J connectivity index is 1.69. The van der Waals surface area contributed by atoms with Crippen LogP contribution < -0.4 is 4.90 Å². The molecule has 1 aliphatic rings. The highest BCUT2D eigenvalue weighted by Gasteiger charge is 2.35. The Morgan fingerprint density at radius 1 is 1.30 bits per heavy atom. The topological polar surface area (TPSA) is 59.5 Å². The number of halogens is 2. The lowest BCUT2D eigenvalue weighted by Crippen LogP contribution is -2.42. The van der Waals surface area contributed by atoms with Crippen LogP contribution in [0.1, 0.15) is 29.5 Å². The van der Waals surface area contributed by atoms with Gasteiger partial charge in [0.2, 0.25) is 5.91 Å². The zero-order chi connectivity index (χ0) is 21.4. The maximum Gasteiger partial charge on any atom is 0.306 e. The van der Waals surface area contributed by atoms with Crippen molar-refractivity contribution in [1.82, 2.24) is 4.98 Å². The fourth-order valence-electron chi connectivity index (χ4n) is 3.79. The molecule has 0 aliphatic carbocycles. The van der Waals surface area contributed by atoms with E-state index in [1.54, 1.807) is 24.0 Å². The van der Waals surface area contributed by atoms with Gasteiger partial charge in [-0.15, -0.1) is 11.3 Å². The van der Waals surface area contributed by atoms with Gasteiger partial charge in [-0.3, -0.25) is 9.59 Å². The summed E-state index contributed by atoms with van der Waals surface area (Å²) >= 11 is 13.8. The molecule has 1 aliphatic heterocycles. The molecule has 1 unspecified atom stereocenters. The fourth-order valence-corrected chi connectivity index (χ4v) is 5.32. The van der Waals surface area contributed by atoms with Gasteiger partial charge in [0.15, 0.2) is 0 Å². The summed E-state index contributed by atoms with van der Waals surface area (Å²) in [5.74, 6) is -0.901. The largest absolute Gasteiger partial charge is 0.466 e. The molecule has 1 aromatic heterocycles. The molecular weight excluding hydrogens is 443 g/mol. The second-order valence-corrected chi connectivity index (χ2v) is 9.24. The molecule has 4 rings (SSSR count). The Kier molecular flexibility index (Phi) is 6.00. The Morgan fingerprint density at radius 2 is 2.10 bits per heavy atom. The van der Waals surface area contributed by atoms with E-state index in [2.05, 4.69) is 11.1 Å². The molecule has 0 radical (unpaired) electrons. The van der Waals surface area contributed by atoms with E-state index >= 15 is 0 Å². The number of carbonyl (C=O) groups is 2. The lowest BCUT2D eigenvalue weighted by Gasteiger charge is -2.33. The number of carbonyl (C=O) groups excluding carboxylic acids is 2. The van der Waals surface area contributed by atoms with Crippen LogP contribution in [0.2, 0.25) is 10.0 Å². The molecule has 0 spiro atoms. The van der Waals surface area contributed by atoms with Crippen LogP contribution in [0.15, 0.2) is 30.3 Å². The van der Waals surface area contributed by atoms with Gasteiger partial charge in [0.05, 0.1) is 40.7 Å². The van der Waals surface area contributed by atoms with Crippen LogP contribution in [0.4, 0.5) is 5.69 Å². The van der Waals surface area contributed by atoms with Gasteiger partial charge < -0.3 is 9.64 Å². The number of aromatic nitrogens is 1. The van der Waals surface area contributed by atoms with Crippen LogP contribution in [-0.2, 0) is 27.3 Å². The number of fused-ring (bicyclic) bond motifs is 2. The van der Waals surface area contributed by atoms with E-state index in [9.17, 15) is 9.59 Å². The summed E-state index contributed by atoms with van der Waals surface area (Å²) < 4.78 is 5.92. The predicted octanol–water partition coefficient (Wildman–Crippen LogP) is 5.57. The molecule has 2 heterocycles. The number of hydrogen-bond acceptors (Lipinski definition) is 5. The summed E-state index contributed by atoms with van der Waals surface area (Å²) in [5.41, 5.74) is 3.73. The highest BCUT2D eigenvalue weighted by Crippen LogP contribution is 2.37. The Bertz CT molecular complexity index is 1140. The van der Waals surface area contributed by atoms with Crippen LogP contribution in [0.5, 0.6) is 0 Å². The number of esters is 1. The summed E-state index contributed by atoms with van der Waals surface area (Å²) in [4.78, 5) is 31.7. The van der Waals surface area contributed by atoms with Crippen LogP contribution in [0.25, 0.3) is 10.2 Å². The first-order valence-electron chi connectivity index (χ1n) is 9.66. The number of nitrogens with zero attached hydrogens (tertiary/aromatic N) is 2. The molecule has 0 N–H and O–H groups in total. The number of benzene rings is 2. The first-order valence-corrected chi connectivity index (χ1v) is 11.2. The van der Waals surface area contributed by atoms with E-state index in [0.717, 1.165) is 26.5 Å². The monoisotopic (exact) mass is 462 g/mol. The van der Waals surface area contributed by atoms with Crippen molar-refractivity contribution in [2.75, 3.05) is 11.5 Å². The smallest absolute Gasteiger partial charge is 0.306 e. The summed E-state index contributed by atoms with van der Waals surface area (Å²) in [6.45, 7) is 4.38. The number of amides is 1. The number of aryl methyl sites for hydroxylation is 1. The van der Waals surface area contributed by atoms with Crippen molar-refractivity contribution in [3.8, 4) is 0 Å². The van der Waals surface area contributed by atoms with Crippen molar-refractivity contribution in [2.45, 2.75) is 33.2 Å². The second-order valence-electron chi connectivity index (χ2n) is 7.31. The van der Waals surface area contributed by atoms with E-state index in [-0.39, 0.29) is 18.3 Å². The molecule has 5 nitrogen and oxygen atoms in total. The molecule has 8 heteroatoms. The van der Waals surface area contributed by atoms with Gasteiger partial charge in [-0.25, -0.2) is 4.98 Å². The molecule has 30 heavy (non-hydrogen) atoms. The summed E-state index contributed by atoms with van der Waals surface area (Å²) in [7, 11) is 0. The Labute approximate surface area is 188 Å². The van der Waals surface area contributed by atoms with Crippen molar-refractivity contribution in [3.05, 3.63) is 56.5 Å². The molecule has 0 saturated carbocycles. The minimum absolute atomic E-state index is 0.0673. The Hall–Kier alpha value is -2.15. The summed E-state index contributed by atoms with van der Waals surface area (Å²) in [6.07, 6.45) is 0.588. The average molecular weight is 463 g/mol. The minimum atomic E-state index is -0.453. The van der Waals surface area contributed by atoms with E-state index < -0.39 is 5.92 Å². The molecule has 156 valence electrons. The van der Waals surface area contributed by atoms with Gasteiger partial charge in [-0.05, 0) is 44.0 Å². The van der Waals surface area contributed by atoms with E-state index in [4.69, 9.17) is 27.9 Å². The summed E-state index contributed by atoms with van der Waals surface area (Å²) in [5, 5.41) is 1.82. The molecule has 0 fully saturated rings. The minimum Gasteiger partial charge on any atom is -0.466 e. The first-order chi connectivity index (χ1) is 14.4. The number of rotatable bonds is 5. The number of ether oxygens (including phenoxy) is 1. The van der Waals surface area contributed by atoms with Gasteiger partial charge in [0.25, 0.3) is 0 Å². The van der Waals surface area contributed by atoms with Crippen molar-refractivity contribution in [3.63, 3.8) is 0 Å². The Morgan fingerprint density at radius 3 is 2.87 bits per heavy atom. The molecule has 2 aromatic carbocycles. The van der Waals surface area contributed by atoms with Crippen molar-refractivity contribution >= 4 is 62.3 Å². The molecular formula is C22H20Cl2N2O3S. The normalized spacial score (nSPS) is 16.1. The van der Waals surface area contributed by atoms with Crippen LogP contribution >= 0.6 is 34.5 Å². The highest BCUT2D eigenvalue weighted by atomic mass is 35.5. The quantitative estimate of drug-likeness (QED) is 0.464. The number of hydrogen-bond donors (Lipinski definition) is 0. The second kappa shape index (κ2) is 8.53. The van der Waals surface area contributed by atoms with Crippen LogP contribution in [0, 0.1) is 12.8 Å². The van der Waals surface area contributed by atoms with Gasteiger partial charge in [-0.2, -0.15) is 0 Å². The average Bonchev–Trinajstić information content (AvgIpc) is 3.08. The first kappa shape index (κ1) is 21.1. The third kappa shape index (κ3) is 4.17. The van der Waals surface area contributed by atoms with E-state index in [1.165, 1.54) is 11.3 Å². The molecule has 0 bridgehead atoms. The van der Waals surface area contributed by atoms with Crippen LogP contribution in [0.3, 0.4) is 0 Å². The van der Waals surface area contributed by atoms with Gasteiger partial charge in [0.1, 0.15) is 5.01 Å². The standard InChI is InChI=1S/C22H20Cl2N2O3S/c1-3-29-20(27)8-14-7-13-6-12(2)4-5-18(13)26(22(14)28)11-19-25-17-10-15(23)9-16(24)21(17)30-19/h4-6,9-10,14H,3,7-8,11H2,1-2H3. The predicted molar refractivity (Wildman–Crippen MR) is 120 cm³/mol. The van der Waals surface area contributed by atoms with Crippen molar-refractivity contribution < 1.29 is 14.3 Å². The lowest BCUT2D eigenvalue weighted by atomic mass is 9.88. The van der Waals surface area contributed by atoms with Gasteiger partial charge in [0, 0.05) is 10.7 Å². The van der Waals surface area contributed by atoms with E-state index in [0.29, 0.717) is 35.1 Å². The zero-order valence-corrected chi connectivity index (χ0v) is 18.9. The van der Waals surface area contributed by atoms with Crippen molar-refractivity contribution in [1.29, 1.82) is 0 Å². The maximum atomic E-state index is 13.3. The highest BCUT2D eigenvalue weighted by molar-refractivity contribution is 7.19. The third-order valence-electron chi connectivity index (χ3n) is 5.07. The molecule has 1 amide bonds. The fraction of sp³-hybridized carbons (Fsp3) is 0.318. The number of thiazole rings is 1. The maximum absolute atomic E-state index is 13.3. The SMILES string of the molecule is CCOC(=O)CC1Cc2cc(C)ccc2N(Cc2nc3cc(Cl)cc(Cl)c3s2)C1=O. The third-order valence-corrected chi connectivity index (χ3v) is 6.79. The lowest BCUT2D eigenvalue weighted by molar-refractivity contribution is -0.146. The zero-order valence-electron chi connectivity index (χ0n) is 16.6. The molecule has 3 aromatic rings.